The van der Waals surface area contributed by atoms with Gasteiger partial charge in [-0.2, -0.15) is 0 Å². The Labute approximate surface area is 156 Å². The normalized spacial score (nSPS) is 15.0. The molecule has 0 unspecified atom stereocenters. The third kappa shape index (κ3) is 4.89. The molecule has 3 rings (SSSR count). The van der Waals surface area contributed by atoms with Gasteiger partial charge < -0.3 is 20.7 Å². The second-order valence-corrected chi connectivity index (χ2v) is 7.09. The van der Waals surface area contributed by atoms with Crippen LogP contribution in [0.1, 0.15) is 18.4 Å². The summed E-state index contributed by atoms with van der Waals surface area (Å²) in [7, 11) is 0. The summed E-state index contributed by atoms with van der Waals surface area (Å²) in [6.45, 7) is 1.67. The monoisotopic (exact) mass is 403 g/mol. The highest BCUT2D eigenvalue weighted by atomic mass is 79.9. The third-order valence-corrected chi connectivity index (χ3v) is 4.83. The van der Waals surface area contributed by atoms with Crippen molar-refractivity contribution in [2.24, 2.45) is 0 Å². The van der Waals surface area contributed by atoms with Gasteiger partial charge >= 0.3 is 6.09 Å². The fraction of sp³-hybridized carbons (Fsp3) is 0.316. The van der Waals surface area contributed by atoms with E-state index in [1.54, 1.807) is 4.90 Å². The molecule has 2 aromatic rings. The van der Waals surface area contributed by atoms with Gasteiger partial charge in [-0.25, -0.2) is 4.79 Å². The van der Waals surface area contributed by atoms with E-state index in [9.17, 15) is 4.79 Å². The molecule has 5 nitrogen and oxygen atoms in total. The summed E-state index contributed by atoms with van der Waals surface area (Å²) in [4.78, 5) is 14.0. The Hall–Kier alpha value is -2.21. The van der Waals surface area contributed by atoms with Crippen molar-refractivity contribution < 1.29 is 9.53 Å². The number of ether oxygens (including phenoxy) is 1. The van der Waals surface area contributed by atoms with E-state index in [1.807, 2.05) is 48.5 Å². The lowest BCUT2D eigenvalue weighted by Gasteiger charge is -2.32. The highest BCUT2D eigenvalue weighted by molar-refractivity contribution is 9.10. The van der Waals surface area contributed by atoms with Crippen LogP contribution < -0.4 is 11.1 Å². The molecule has 2 aromatic carbocycles. The van der Waals surface area contributed by atoms with Crippen molar-refractivity contribution in [2.45, 2.75) is 25.5 Å². The third-order valence-electron chi connectivity index (χ3n) is 4.33. The molecular weight excluding hydrogens is 382 g/mol. The van der Waals surface area contributed by atoms with E-state index in [0.717, 1.165) is 34.3 Å². The number of carbonyl (C=O) groups excluding carboxylic acids is 1. The van der Waals surface area contributed by atoms with Crippen molar-refractivity contribution in [1.29, 1.82) is 0 Å². The minimum Gasteiger partial charge on any atom is -0.445 e. The van der Waals surface area contributed by atoms with Crippen LogP contribution in [0.2, 0.25) is 0 Å². The molecule has 0 spiro atoms. The summed E-state index contributed by atoms with van der Waals surface area (Å²) in [6, 6.07) is 15.8. The molecule has 1 fully saturated rings. The topological polar surface area (TPSA) is 67.6 Å². The standard InChI is InChI=1S/C19H22BrN3O2/c20-15-6-7-17(21)18(12-15)22-16-8-10-23(11-9-16)19(24)25-13-14-4-2-1-3-5-14/h1-7,12,16,22H,8-11,13,21H2. The predicted molar refractivity (Wildman–Crippen MR) is 103 cm³/mol. The molecule has 1 aliphatic heterocycles. The Morgan fingerprint density at radius 3 is 2.64 bits per heavy atom. The minimum atomic E-state index is -0.246. The van der Waals surface area contributed by atoms with Crippen LogP contribution in [0.15, 0.2) is 53.0 Å². The minimum absolute atomic E-state index is 0.246. The lowest BCUT2D eigenvalue weighted by molar-refractivity contribution is 0.0882. The Morgan fingerprint density at radius 1 is 1.20 bits per heavy atom. The zero-order valence-electron chi connectivity index (χ0n) is 14.0. The number of benzene rings is 2. The van der Waals surface area contributed by atoms with Gasteiger partial charge in [0.25, 0.3) is 0 Å². The van der Waals surface area contributed by atoms with Crippen molar-refractivity contribution in [1.82, 2.24) is 4.90 Å². The van der Waals surface area contributed by atoms with Gasteiger partial charge in [-0.1, -0.05) is 46.3 Å². The van der Waals surface area contributed by atoms with Crippen LogP contribution in [-0.4, -0.2) is 30.1 Å². The molecule has 0 radical (unpaired) electrons. The number of nitrogens with zero attached hydrogens (tertiary/aromatic N) is 1. The maximum atomic E-state index is 12.2. The molecule has 3 N–H and O–H groups in total. The Bertz CT molecular complexity index is 716. The van der Waals surface area contributed by atoms with Crippen LogP contribution in [0.25, 0.3) is 0 Å². The highest BCUT2D eigenvalue weighted by Gasteiger charge is 2.24. The van der Waals surface area contributed by atoms with Crippen molar-refractivity contribution in [3.8, 4) is 0 Å². The van der Waals surface area contributed by atoms with Gasteiger partial charge in [-0.3, -0.25) is 0 Å². The van der Waals surface area contributed by atoms with E-state index < -0.39 is 0 Å². The van der Waals surface area contributed by atoms with E-state index in [4.69, 9.17) is 10.5 Å². The zero-order valence-corrected chi connectivity index (χ0v) is 15.5. The van der Waals surface area contributed by atoms with E-state index >= 15 is 0 Å². The molecule has 1 saturated heterocycles. The number of amides is 1. The summed E-state index contributed by atoms with van der Waals surface area (Å²) in [6.07, 6.45) is 1.49. The molecule has 0 atom stereocenters. The van der Waals surface area contributed by atoms with Crippen molar-refractivity contribution in [2.75, 3.05) is 24.1 Å². The maximum absolute atomic E-state index is 12.2. The molecule has 25 heavy (non-hydrogen) atoms. The highest BCUT2D eigenvalue weighted by Crippen LogP contribution is 2.26. The van der Waals surface area contributed by atoms with Crippen LogP contribution in [0, 0.1) is 0 Å². The molecule has 0 aromatic heterocycles. The van der Waals surface area contributed by atoms with Crippen LogP contribution >= 0.6 is 15.9 Å². The Morgan fingerprint density at radius 2 is 1.92 bits per heavy atom. The van der Waals surface area contributed by atoms with Gasteiger partial charge in [0.1, 0.15) is 6.61 Å². The molecule has 6 heteroatoms. The summed E-state index contributed by atoms with van der Waals surface area (Å²) in [5.74, 6) is 0. The molecular formula is C19H22BrN3O2. The first-order chi connectivity index (χ1) is 12.1. The maximum Gasteiger partial charge on any atom is 0.410 e. The Balaban J connectivity index is 1.46. The van der Waals surface area contributed by atoms with Crippen LogP contribution in [-0.2, 0) is 11.3 Å². The number of piperidine rings is 1. The van der Waals surface area contributed by atoms with Crippen LogP contribution in [0.5, 0.6) is 0 Å². The van der Waals surface area contributed by atoms with Gasteiger partial charge in [0, 0.05) is 23.6 Å². The fourth-order valence-corrected chi connectivity index (χ4v) is 3.25. The van der Waals surface area contributed by atoms with E-state index in [-0.39, 0.29) is 6.09 Å². The number of hydrogen-bond acceptors (Lipinski definition) is 4. The van der Waals surface area contributed by atoms with E-state index in [0.29, 0.717) is 25.7 Å². The number of rotatable bonds is 4. The predicted octanol–water partition coefficient (Wildman–Crippen LogP) is 4.24. The molecule has 1 amide bonds. The quantitative estimate of drug-likeness (QED) is 0.748. The first-order valence-electron chi connectivity index (χ1n) is 8.39. The lowest BCUT2D eigenvalue weighted by Crippen LogP contribution is -2.42. The molecule has 0 aliphatic carbocycles. The number of nitrogen functional groups attached to an aromatic ring is 1. The zero-order chi connectivity index (χ0) is 17.6. The first-order valence-corrected chi connectivity index (χ1v) is 9.18. The van der Waals surface area contributed by atoms with E-state index in [2.05, 4.69) is 21.2 Å². The number of likely N-dealkylation sites (tertiary alicyclic amines) is 1. The number of nitrogens with two attached hydrogens (primary N) is 1. The van der Waals surface area contributed by atoms with E-state index in [1.165, 1.54) is 0 Å². The van der Waals surface area contributed by atoms with Crippen LogP contribution in [0.4, 0.5) is 16.2 Å². The largest absolute Gasteiger partial charge is 0.445 e. The SMILES string of the molecule is Nc1ccc(Br)cc1NC1CCN(C(=O)OCc2ccccc2)CC1. The number of carbonyl (C=O) groups is 1. The smallest absolute Gasteiger partial charge is 0.410 e. The number of anilines is 2. The summed E-state index contributed by atoms with van der Waals surface area (Å²) in [5.41, 5.74) is 8.67. The van der Waals surface area contributed by atoms with Gasteiger partial charge in [0.15, 0.2) is 0 Å². The average Bonchev–Trinajstić information content (AvgIpc) is 2.64. The van der Waals surface area contributed by atoms with Gasteiger partial charge in [0.2, 0.25) is 0 Å². The van der Waals surface area contributed by atoms with Crippen LogP contribution in [0.3, 0.4) is 0 Å². The first kappa shape index (κ1) is 17.6. The molecule has 0 saturated carbocycles. The van der Waals surface area contributed by atoms with Gasteiger partial charge in [-0.15, -0.1) is 0 Å². The Kier molecular flexibility index (Phi) is 5.81. The second-order valence-electron chi connectivity index (χ2n) is 6.18. The molecule has 1 heterocycles. The number of nitrogens with one attached hydrogen (secondary N) is 1. The lowest BCUT2D eigenvalue weighted by atomic mass is 10.0. The fourth-order valence-electron chi connectivity index (χ4n) is 2.89. The number of hydrogen-bond donors (Lipinski definition) is 2. The van der Waals surface area contributed by atoms with Crippen molar-refractivity contribution in [3.63, 3.8) is 0 Å². The molecule has 0 bridgehead atoms. The molecule has 1 aliphatic rings. The number of halogens is 1. The van der Waals surface area contributed by atoms with Gasteiger partial charge in [-0.05, 0) is 36.6 Å². The summed E-state index contributed by atoms with van der Waals surface area (Å²) in [5, 5.41) is 3.47. The average molecular weight is 404 g/mol. The van der Waals surface area contributed by atoms with Crippen molar-refractivity contribution >= 4 is 33.4 Å². The summed E-state index contributed by atoms with van der Waals surface area (Å²) < 4.78 is 6.39. The summed E-state index contributed by atoms with van der Waals surface area (Å²) >= 11 is 3.46. The van der Waals surface area contributed by atoms with Crippen molar-refractivity contribution in [3.05, 3.63) is 58.6 Å². The molecule has 132 valence electrons. The second kappa shape index (κ2) is 8.25. The van der Waals surface area contributed by atoms with Gasteiger partial charge in [0.05, 0.1) is 11.4 Å².